The van der Waals surface area contributed by atoms with E-state index in [1.807, 2.05) is 0 Å². The highest BCUT2D eigenvalue weighted by molar-refractivity contribution is 7.91. The summed E-state index contributed by atoms with van der Waals surface area (Å²) in [6.07, 6.45) is 3.66. The normalized spacial score (nSPS) is 14.0. The Hall–Kier alpha value is -2.45. The zero-order valence-electron chi connectivity index (χ0n) is 19.6. The van der Waals surface area contributed by atoms with E-state index in [1.54, 1.807) is 49.7 Å². The molecule has 0 bridgehead atoms. The number of hydrogen-bond donors (Lipinski definition) is 0. The predicted molar refractivity (Wildman–Crippen MR) is 124 cm³/mol. The summed E-state index contributed by atoms with van der Waals surface area (Å²) in [7, 11) is 2.53. The predicted octanol–water partition coefficient (Wildman–Crippen LogP) is 1.65. The molecule has 3 aromatic rings. The average Bonchev–Trinajstić information content (AvgIpc) is 3.41. The Bertz CT molecular complexity index is 1180. The van der Waals surface area contributed by atoms with Crippen molar-refractivity contribution in [2.45, 2.75) is 30.1 Å². The van der Waals surface area contributed by atoms with Gasteiger partial charge in [-0.25, -0.2) is 13.4 Å². The Morgan fingerprint density at radius 2 is 1.79 bits per heavy atom. The minimum absolute atomic E-state index is 0.201. The molecule has 12 nitrogen and oxygen atoms in total. The van der Waals surface area contributed by atoms with Crippen LogP contribution in [0.2, 0.25) is 5.15 Å². The lowest BCUT2D eigenvalue weighted by Gasteiger charge is -2.23. The van der Waals surface area contributed by atoms with Gasteiger partial charge in [0.2, 0.25) is 0 Å². The van der Waals surface area contributed by atoms with Crippen LogP contribution in [-0.2, 0) is 36.8 Å². The van der Waals surface area contributed by atoms with Gasteiger partial charge in [0.15, 0.2) is 15.7 Å². The second kappa shape index (κ2) is 11.3. The molecule has 0 saturated heterocycles. The summed E-state index contributed by atoms with van der Waals surface area (Å²) in [5, 5.41) is 12.1. The number of rotatable bonds is 12. The number of hydrogen-bond acceptors (Lipinski definition) is 10. The van der Waals surface area contributed by atoms with Crippen molar-refractivity contribution in [2.24, 2.45) is 7.05 Å². The molecule has 0 saturated carbocycles. The standard InChI is InChI=1S/C20H28ClN7O5S/c1-13(19(33-5)16-8-23-17(21)9-22-16)34(29,30)12-18-24-25-20(15-6-7-27(2)26-15)28(18)14(10-31-3)11-32-4/h6-9,13-14,19H,10-12H2,1-5H3/t13-,19-/m0/s1. The van der Waals surface area contributed by atoms with Crippen molar-refractivity contribution in [3.05, 3.63) is 41.3 Å². The van der Waals surface area contributed by atoms with Gasteiger partial charge in [0.25, 0.3) is 0 Å². The summed E-state index contributed by atoms with van der Waals surface area (Å²) in [6.45, 7) is 2.08. The Labute approximate surface area is 203 Å². The monoisotopic (exact) mass is 513 g/mol. The van der Waals surface area contributed by atoms with Crippen LogP contribution in [-0.4, -0.2) is 82.7 Å². The largest absolute Gasteiger partial charge is 0.382 e. The van der Waals surface area contributed by atoms with Gasteiger partial charge in [0, 0.05) is 34.6 Å². The molecule has 0 aliphatic rings. The van der Waals surface area contributed by atoms with Crippen LogP contribution in [0.25, 0.3) is 11.5 Å². The maximum Gasteiger partial charge on any atom is 0.184 e. The van der Waals surface area contributed by atoms with Gasteiger partial charge in [-0.05, 0) is 13.0 Å². The molecule has 0 aromatic carbocycles. The third kappa shape index (κ3) is 5.78. The highest BCUT2D eigenvalue weighted by Gasteiger charge is 2.35. The Kier molecular flexibility index (Phi) is 8.71. The van der Waals surface area contributed by atoms with Crippen molar-refractivity contribution < 1.29 is 22.6 Å². The van der Waals surface area contributed by atoms with Crippen LogP contribution >= 0.6 is 11.6 Å². The first-order valence-corrected chi connectivity index (χ1v) is 12.4. The van der Waals surface area contributed by atoms with Gasteiger partial charge in [0.05, 0.1) is 42.6 Å². The zero-order valence-corrected chi connectivity index (χ0v) is 21.2. The van der Waals surface area contributed by atoms with Crippen molar-refractivity contribution in [3.63, 3.8) is 0 Å². The lowest BCUT2D eigenvalue weighted by Crippen LogP contribution is -2.30. The molecule has 0 fully saturated rings. The highest BCUT2D eigenvalue weighted by Crippen LogP contribution is 2.28. The topological polar surface area (TPSA) is 136 Å². The van der Waals surface area contributed by atoms with Gasteiger partial charge < -0.3 is 18.8 Å². The highest BCUT2D eigenvalue weighted by atomic mass is 35.5. The van der Waals surface area contributed by atoms with Crippen LogP contribution in [0, 0.1) is 0 Å². The SMILES string of the molecule is COCC(COC)n1c(CS(=O)(=O)[C@@H](C)[C@H](OC)c2cnc(Cl)cn2)nnc1-c1ccn(C)n1. The van der Waals surface area contributed by atoms with E-state index in [2.05, 4.69) is 25.3 Å². The van der Waals surface area contributed by atoms with E-state index in [9.17, 15) is 8.42 Å². The second-order valence-corrected chi connectivity index (χ2v) is 10.4. The molecule has 0 N–H and O–H groups in total. The lowest BCUT2D eigenvalue weighted by molar-refractivity contribution is 0.0888. The van der Waals surface area contributed by atoms with Gasteiger partial charge >= 0.3 is 0 Å². The van der Waals surface area contributed by atoms with Crippen LogP contribution in [0.15, 0.2) is 24.7 Å². The van der Waals surface area contributed by atoms with E-state index in [0.717, 1.165) is 0 Å². The van der Waals surface area contributed by atoms with Gasteiger partial charge in [-0.15, -0.1) is 10.2 Å². The molecule has 34 heavy (non-hydrogen) atoms. The number of aromatic nitrogens is 7. The van der Waals surface area contributed by atoms with E-state index in [4.69, 9.17) is 25.8 Å². The summed E-state index contributed by atoms with van der Waals surface area (Å²) >= 11 is 5.81. The maximum atomic E-state index is 13.5. The molecule has 186 valence electrons. The number of sulfone groups is 1. The summed E-state index contributed by atoms with van der Waals surface area (Å²) in [5.41, 5.74) is 0.908. The molecule has 2 atom stereocenters. The molecule has 0 amide bonds. The molecule has 3 heterocycles. The molecule has 0 aliphatic carbocycles. The first-order valence-electron chi connectivity index (χ1n) is 10.3. The first-order chi connectivity index (χ1) is 16.2. The van der Waals surface area contributed by atoms with Crippen LogP contribution in [0.3, 0.4) is 0 Å². The number of methoxy groups -OCH3 is 3. The molecular weight excluding hydrogens is 486 g/mol. The van der Waals surface area contributed by atoms with E-state index in [-0.39, 0.29) is 30.2 Å². The molecule has 3 aromatic heterocycles. The number of ether oxygens (including phenoxy) is 3. The summed E-state index contributed by atoms with van der Waals surface area (Å²) in [4.78, 5) is 8.15. The smallest absolute Gasteiger partial charge is 0.184 e. The third-order valence-electron chi connectivity index (χ3n) is 5.30. The molecule has 0 aliphatic heterocycles. The van der Waals surface area contributed by atoms with Gasteiger partial charge in [0.1, 0.15) is 28.5 Å². The van der Waals surface area contributed by atoms with Crippen molar-refractivity contribution >= 4 is 21.4 Å². The Morgan fingerprint density at radius 1 is 1.09 bits per heavy atom. The van der Waals surface area contributed by atoms with E-state index in [0.29, 0.717) is 17.2 Å². The minimum atomic E-state index is -3.79. The summed E-state index contributed by atoms with van der Waals surface area (Å²) in [5.74, 6) is 0.270. The number of aryl methyl sites for hydroxylation is 1. The van der Waals surface area contributed by atoms with Crippen molar-refractivity contribution in [1.82, 2.24) is 34.5 Å². The zero-order chi connectivity index (χ0) is 24.9. The van der Waals surface area contributed by atoms with Crippen LogP contribution in [0.5, 0.6) is 0 Å². The quantitative estimate of drug-likeness (QED) is 0.351. The van der Waals surface area contributed by atoms with Gasteiger partial charge in [-0.1, -0.05) is 11.6 Å². The Morgan fingerprint density at radius 3 is 2.32 bits per heavy atom. The van der Waals surface area contributed by atoms with E-state index < -0.39 is 26.9 Å². The number of nitrogens with zero attached hydrogens (tertiary/aromatic N) is 7. The molecule has 0 radical (unpaired) electrons. The molecule has 0 spiro atoms. The van der Waals surface area contributed by atoms with Crippen LogP contribution < -0.4 is 0 Å². The van der Waals surface area contributed by atoms with Gasteiger partial charge in [-0.2, -0.15) is 5.10 Å². The first kappa shape index (κ1) is 26.2. The maximum absolute atomic E-state index is 13.5. The average molecular weight is 514 g/mol. The summed E-state index contributed by atoms with van der Waals surface area (Å²) < 4.78 is 46.5. The fourth-order valence-electron chi connectivity index (χ4n) is 3.62. The minimum Gasteiger partial charge on any atom is -0.382 e. The van der Waals surface area contributed by atoms with Crippen molar-refractivity contribution in [3.8, 4) is 11.5 Å². The summed E-state index contributed by atoms with van der Waals surface area (Å²) in [6, 6.07) is 1.40. The van der Waals surface area contributed by atoms with E-state index >= 15 is 0 Å². The second-order valence-electron chi connectivity index (χ2n) is 7.68. The van der Waals surface area contributed by atoms with Crippen molar-refractivity contribution in [2.75, 3.05) is 34.5 Å². The fraction of sp³-hybridized carbons (Fsp3) is 0.550. The molecule has 0 unspecified atom stereocenters. The fourth-order valence-corrected chi connectivity index (χ4v) is 5.16. The molecule has 14 heteroatoms. The van der Waals surface area contributed by atoms with Crippen LogP contribution in [0.1, 0.15) is 30.6 Å². The molecular formula is C20H28ClN7O5S. The number of halogens is 1. The molecule has 3 rings (SSSR count). The van der Waals surface area contributed by atoms with E-state index in [1.165, 1.54) is 19.5 Å². The Balaban J connectivity index is 1.99. The van der Waals surface area contributed by atoms with Gasteiger partial charge in [-0.3, -0.25) is 9.67 Å². The lowest BCUT2D eigenvalue weighted by atomic mass is 10.2. The van der Waals surface area contributed by atoms with Crippen molar-refractivity contribution in [1.29, 1.82) is 0 Å². The van der Waals surface area contributed by atoms with Crippen LogP contribution in [0.4, 0.5) is 0 Å². The third-order valence-corrected chi connectivity index (χ3v) is 7.54.